The molecule has 0 aromatic heterocycles. The van der Waals surface area contributed by atoms with Crippen molar-refractivity contribution in [2.45, 2.75) is 50.7 Å². The van der Waals surface area contributed by atoms with Gasteiger partial charge in [0.05, 0.1) is 6.10 Å². The highest BCUT2D eigenvalue weighted by molar-refractivity contribution is 5.33. The maximum atomic E-state index is 5.77. The monoisotopic (exact) mass is 217 g/mol. The summed E-state index contributed by atoms with van der Waals surface area (Å²) < 4.78 is 0. The summed E-state index contributed by atoms with van der Waals surface area (Å²) in [5.41, 5.74) is 6.23. The Kier molecular flexibility index (Phi) is 2.94. The van der Waals surface area contributed by atoms with E-state index in [0.29, 0.717) is 12.1 Å². The molecule has 2 heteroatoms. The van der Waals surface area contributed by atoms with Gasteiger partial charge in [0.25, 0.3) is 0 Å². The average molecular weight is 217 g/mol. The van der Waals surface area contributed by atoms with E-state index in [-0.39, 0.29) is 0 Å². The summed E-state index contributed by atoms with van der Waals surface area (Å²) in [5.74, 6) is 0. The zero-order valence-electron chi connectivity index (χ0n) is 9.61. The van der Waals surface area contributed by atoms with Gasteiger partial charge in [-0.1, -0.05) is 37.1 Å². The Balaban J connectivity index is 1.52. The van der Waals surface area contributed by atoms with E-state index in [0.717, 1.165) is 12.8 Å². The molecule has 2 aliphatic carbocycles. The van der Waals surface area contributed by atoms with Crippen LogP contribution >= 0.6 is 0 Å². The summed E-state index contributed by atoms with van der Waals surface area (Å²) >= 11 is 0. The molecule has 1 aromatic rings. The molecule has 2 aliphatic rings. The molecule has 0 aliphatic heterocycles. The minimum atomic E-state index is 0.462. The van der Waals surface area contributed by atoms with Gasteiger partial charge in [0.2, 0.25) is 0 Å². The van der Waals surface area contributed by atoms with Crippen LogP contribution in [0.2, 0.25) is 0 Å². The summed E-state index contributed by atoms with van der Waals surface area (Å²) in [5, 5.41) is 0. The number of benzene rings is 1. The van der Waals surface area contributed by atoms with Crippen LogP contribution in [0.5, 0.6) is 0 Å². The summed E-state index contributed by atoms with van der Waals surface area (Å²) in [6.45, 7) is 0. The third-order valence-electron chi connectivity index (χ3n) is 3.75. The molecule has 16 heavy (non-hydrogen) atoms. The Morgan fingerprint density at radius 1 is 1.00 bits per heavy atom. The van der Waals surface area contributed by atoms with E-state index < -0.39 is 0 Å². The molecular weight excluding hydrogens is 198 g/mol. The van der Waals surface area contributed by atoms with Crippen LogP contribution in [0.25, 0.3) is 0 Å². The van der Waals surface area contributed by atoms with E-state index in [1.54, 1.807) is 0 Å². The molecule has 0 saturated heterocycles. The minimum absolute atomic E-state index is 0.462. The van der Waals surface area contributed by atoms with E-state index >= 15 is 0 Å². The van der Waals surface area contributed by atoms with E-state index in [1.165, 1.54) is 36.8 Å². The number of hydrogen-bond acceptors (Lipinski definition) is 2. The molecule has 1 N–H and O–H groups in total. The van der Waals surface area contributed by atoms with Gasteiger partial charge in [-0.05, 0) is 36.8 Å². The maximum Gasteiger partial charge on any atom is 0.0790 e. The molecule has 1 aromatic carbocycles. The Hall–Kier alpha value is -0.860. The molecule has 0 radical (unpaired) electrons. The zero-order chi connectivity index (χ0) is 10.8. The number of fused-ring (bicyclic) bond motifs is 1. The molecule has 0 heterocycles. The molecular formula is C14H19NO. The second-order valence-corrected chi connectivity index (χ2v) is 5.02. The standard InChI is InChI=1S/C14H19NO/c1-2-6-12-10-13(9-11(12)5-1)15-16-14-7-3-4-8-14/h1-2,5-6,13-15H,3-4,7-10H2. The first-order chi connectivity index (χ1) is 7.92. The summed E-state index contributed by atoms with van der Waals surface area (Å²) in [6.07, 6.45) is 7.81. The van der Waals surface area contributed by atoms with Crippen LogP contribution in [0.3, 0.4) is 0 Å². The zero-order valence-corrected chi connectivity index (χ0v) is 9.61. The fraction of sp³-hybridized carbons (Fsp3) is 0.571. The largest absolute Gasteiger partial charge is 0.298 e. The number of hydrogen-bond donors (Lipinski definition) is 1. The molecule has 2 nitrogen and oxygen atoms in total. The van der Waals surface area contributed by atoms with E-state index in [2.05, 4.69) is 29.7 Å². The van der Waals surface area contributed by atoms with Gasteiger partial charge in [0.1, 0.15) is 0 Å². The Morgan fingerprint density at radius 2 is 1.62 bits per heavy atom. The molecule has 3 rings (SSSR count). The Labute approximate surface area is 97.0 Å². The number of nitrogens with one attached hydrogen (secondary N) is 1. The number of hydroxylamine groups is 1. The van der Waals surface area contributed by atoms with Crippen molar-refractivity contribution in [2.24, 2.45) is 0 Å². The summed E-state index contributed by atoms with van der Waals surface area (Å²) in [4.78, 5) is 5.77. The lowest BCUT2D eigenvalue weighted by Crippen LogP contribution is -2.33. The second kappa shape index (κ2) is 4.56. The first-order valence-electron chi connectivity index (χ1n) is 6.40. The highest BCUT2D eigenvalue weighted by Crippen LogP contribution is 2.23. The lowest BCUT2D eigenvalue weighted by molar-refractivity contribution is -0.0383. The summed E-state index contributed by atoms with van der Waals surface area (Å²) in [7, 11) is 0. The second-order valence-electron chi connectivity index (χ2n) is 5.02. The van der Waals surface area contributed by atoms with Gasteiger partial charge in [-0.15, -0.1) is 0 Å². The van der Waals surface area contributed by atoms with Crippen molar-refractivity contribution in [3.63, 3.8) is 0 Å². The van der Waals surface area contributed by atoms with Gasteiger partial charge in [0.15, 0.2) is 0 Å². The molecule has 86 valence electrons. The number of rotatable bonds is 3. The molecule has 1 saturated carbocycles. The predicted molar refractivity (Wildman–Crippen MR) is 64.1 cm³/mol. The van der Waals surface area contributed by atoms with E-state index in [4.69, 9.17) is 4.84 Å². The highest BCUT2D eigenvalue weighted by atomic mass is 16.7. The van der Waals surface area contributed by atoms with E-state index in [9.17, 15) is 0 Å². The van der Waals surface area contributed by atoms with Crippen molar-refractivity contribution < 1.29 is 4.84 Å². The van der Waals surface area contributed by atoms with Gasteiger partial charge in [-0.25, -0.2) is 0 Å². The molecule has 0 spiro atoms. The molecule has 0 amide bonds. The first kappa shape index (κ1) is 10.3. The molecule has 0 bridgehead atoms. The van der Waals surface area contributed by atoms with Gasteiger partial charge in [-0.3, -0.25) is 4.84 Å². The third-order valence-corrected chi connectivity index (χ3v) is 3.75. The van der Waals surface area contributed by atoms with Crippen LogP contribution in [-0.4, -0.2) is 12.1 Å². The van der Waals surface area contributed by atoms with Crippen LogP contribution in [0, 0.1) is 0 Å². The average Bonchev–Trinajstić information content (AvgIpc) is 2.95. The molecule has 0 atom stereocenters. The van der Waals surface area contributed by atoms with E-state index in [1.807, 2.05) is 0 Å². The lowest BCUT2D eigenvalue weighted by atomic mass is 10.1. The topological polar surface area (TPSA) is 21.3 Å². The van der Waals surface area contributed by atoms with Gasteiger partial charge >= 0.3 is 0 Å². The lowest BCUT2D eigenvalue weighted by Gasteiger charge is -2.16. The quantitative estimate of drug-likeness (QED) is 0.786. The van der Waals surface area contributed by atoms with Crippen LogP contribution in [-0.2, 0) is 17.7 Å². The van der Waals surface area contributed by atoms with Gasteiger partial charge < -0.3 is 0 Å². The maximum absolute atomic E-state index is 5.77. The van der Waals surface area contributed by atoms with Crippen molar-refractivity contribution in [2.75, 3.05) is 0 Å². The third kappa shape index (κ3) is 2.13. The smallest absolute Gasteiger partial charge is 0.0790 e. The Morgan fingerprint density at radius 3 is 2.25 bits per heavy atom. The van der Waals surface area contributed by atoms with Crippen LogP contribution in [0.4, 0.5) is 0 Å². The van der Waals surface area contributed by atoms with Crippen molar-refractivity contribution in [3.05, 3.63) is 35.4 Å². The van der Waals surface area contributed by atoms with Gasteiger partial charge in [0, 0.05) is 6.04 Å². The van der Waals surface area contributed by atoms with Crippen molar-refractivity contribution >= 4 is 0 Å². The minimum Gasteiger partial charge on any atom is -0.298 e. The first-order valence-corrected chi connectivity index (χ1v) is 6.40. The molecule has 0 unspecified atom stereocenters. The SMILES string of the molecule is c1ccc2c(c1)CC(NOC1CCCC1)C2. The predicted octanol–water partition coefficient (Wildman–Crippen LogP) is 2.62. The van der Waals surface area contributed by atoms with Crippen LogP contribution < -0.4 is 5.48 Å². The normalized spacial score (nSPS) is 21.5. The van der Waals surface area contributed by atoms with Crippen molar-refractivity contribution in [1.29, 1.82) is 0 Å². The van der Waals surface area contributed by atoms with Crippen molar-refractivity contribution in [3.8, 4) is 0 Å². The molecule has 1 fully saturated rings. The van der Waals surface area contributed by atoms with Gasteiger partial charge in [-0.2, -0.15) is 5.48 Å². The Bertz CT molecular complexity index is 333. The fourth-order valence-corrected chi connectivity index (χ4v) is 2.84. The van der Waals surface area contributed by atoms with Crippen molar-refractivity contribution in [1.82, 2.24) is 5.48 Å². The van der Waals surface area contributed by atoms with Crippen LogP contribution in [0.1, 0.15) is 36.8 Å². The highest BCUT2D eigenvalue weighted by Gasteiger charge is 2.23. The fourth-order valence-electron chi connectivity index (χ4n) is 2.84. The summed E-state index contributed by atoms with van der Waals surface area (Å²) in [6, 6.07) is 9.19. The van der Waals surface area contributed by atoms with Crippen LogP contribution in [0.15, 0.2) is 24.3 Å².